The van der Waals surface area contributed by atoms with E-state index in [4.69, 9.17) is 9.47 Å². The molecule has 6 heteroatoms. The topological polar surface area (TPSA) is 73.0 Å². The summed E-state index contributed by atoms with van der Waals surface area (Å²) >= 11 is 0. The Balaban J connectivity index is 2.08. The van der Waals surface area contributed by atoms with Crippen LogP contribution < -0.4 is 9.47 Å². The maximum atomic E-state index is 9.66. The van der Waals surface area contributed by atoms with E-state index in [9.17, 15) is 5.26 Å². The number of aromatic nitrogens is 3. The largest absolute Gasteiger partial charge is 0.493 e. The van der Waals surface area contributed by atoms with Crippen LogP contribution >= 0.6 is 0 Å². The fraction of sp³-hybridized carbons (Fsp3) is 0.150. The highest BCUT2D eigenvalue weighted by Gasteiger charge is 2.16. The van der Waals surface area contributed by atoms with Crippen LogP contribution in [0.4, 0.5) is 0 Å². The number of methoxy groups -OCH3 is 2. The monoisotopic (exact) mass is 346 g/mol. The number of hydrogen-bond acceptors (Lipinski definition) is 5. The lowest BCUT2D eigenvalue weighted by atomic mass is 10.1. The zero-order valence-electron chi connectivity index (χ0n) is 14.8. The van der Waals surface area contributed by atoms with Crippen molar-refractivity contribution in [1.29, 1.82) is 5.26 Å². The molecule has 0 bridgehead atoms. The molecule has 0 amide bonds. The summed E-state index contributed by atoms with van der Waals surface area (Å²) < 4.78 is 12.5. The SMILES string of the molecule is COc1cccc(/C=C(/C#N)c2nnc(-c3ccccc3)n2C)c1OC. The summed E-state index contributed by atoms with van der Waals surface area (Å²) in [6, 6.07) is 17.4. The van der Waals surface area contributed by atoms with Crippen molar-refractivity contribution in [3.05, 3.63) is 59.9 Å². The molecule has 0 N–H and O–H groups in total. The molecule has 0 fully saturated rings. The Kier molecular flexibility index (Phi) is 4.99. The Hall–Kier alpha value is -3.59. The van der Waals surface area contributed by atoms with Gasteiger partial charge >= 0.3 is 0 Å². The predicted molar refractivity (Wildman–Crippen MR) is 99.5 cm³/mol. The molecule has 0 saturated carbocycles. The Labute approximate surface area is 151 Å². The van der Waals surface area contributed by atoms with Crippen molar-refractivity contribution >= 4 is 11.6 Å². The Bertz CT molecular complexity index is 985. The van der Waals surface area contributed by atoms with E-state index in [0.29, 0.717) is 28.7 Å². The molecule has 0 radical (unpaired) electrons. The minimum atomic E-state index is 0.383. The molecule has 0 atom stereocenters. The van der Waals surface area contributed by atoms with Crippen LogP contribution in [0.2, 0.25) is 0 Å². The van der Waals surface area contributed by atoms with Crippen LogP contribution in [0, 0.1) is 11.3 Å². The molecule has 1 heterocycles. The van der Waals surface area contributed by atoms with Gasteiger partial charge in [0.2, 0.25) is 0 Å². The number of benzene rings is 2. The van der Waals surface area contributed by atoms with Crippen molar-refractivity contribution in [3.8, 4) is 29.0 Å². The molecule has 0 aliphatic rings. The third-order valence-electron chi connectivity index (χ3n) is 4.00. The first-order valence-electron chi connectivity index (χ1n) is 7.97. The van der Waals surface area contributed by atoms with Gasteiger partial charge in [0, 0.05) is 18.2 Å². The van der Waals surface area contributed by atoms with E-state index in [2.05, 4.69) is 16.3 Å². The van der Waals surface area contributed by atoms with Gasteiger partial charge in [0.15, 0.2) is 23.1 Å². The van der Waals surface area contributed by atoms with Crippen LogP contribution in [0.15, 0.2) is 48.5 Å². The van der Waals surface area contributed by atoms with E-state index >= 15 is 0 Å². The van der Waals surface area contributed by atoms with Gasteiger partial charge in [-0.05, 0) is 12.1 Å². The molecule has 2 aromatic carbocycles. The number of nitriles is 1. The van der Waals surface area contributed by atoms with Gasteiger partial charge in [0.05, 0.1) is 19.8 Å². The maximum absolute atomic E-state index is 9.66. The molecule has 0 aliphatic carbocycles. The highest BCUT2D eigenvalue weighted by Crippen LogP contribution is 2.33. The highest BCUT2D eigenvalue weighted by molar-refractivity contribution is 5.89. The van der Waals surface area contributed by atoms with E-state index in [-0.39, 0.29) is 0 Å². The Morgan fingerprint density at radius 3 is 2.46 bits per heavy atom. The number of ether oxygens (including phenoxy) is 2. The second kappa shape index (κ2) is 7.53. The second-order valence-corrected chi connectivity index (χ2v) is 5.52. The Morgan fingerprint density at radius 1 is 1.04 bits per heavy atom. The predicted octanol–water partition coefficient (Wildman–Crippen LogP) is 3.56. The van der Waals surface area contributed by atoms with Gasteiger partial charge in [-0.2, -0.15) is 5.26 Å². The van der Waals surface area contributed by atoms with Gasteiger partial charge in [0.1, 0.15) is 6.07 Å². The first kappa shape index (κ1) is 17.2. The van der Waals surface area contributed by atoms with Crippen LogP contribution in [0.1, 0.15) is 11.4 Å². The zero-order chi connectivity index (χ0) is 18.5. The lowest BCUT2D eigenvalue weighted by molar-refractivity contribution is 0.354. The molecule has 3 aromatic rings. The summed E-state index contributed by atoms with van der Waals surface area (Å²) in [5, 5.41) is 18.1. The number of nitrogens with zero attached hydrogens (tertiary/aromatic N) is 4. The molecule has 0 unspecified atom stereocenters. The molecule has 6 nitrogen and oxygen atoms in total. The number of para-hydroxylation sites is 1. The van der Waals surface area contributed by atoms with Crippen LogP contribution in [0.5, 0.6) is 11.5 Å². The smallest absolute Gasteiger partial charge is 0.174 e. The minimum Gasteiger partial charge on any atom is -0.493 e. The molecule has 0 aliphatic heterocycles. The zero-order valence-corrected chi connectivity index (χ0v) is 14.8. The van der Waals surface area contributed by atoms with Gasteiger partial charge in [-0.25, -0.2) is 0 Å². The lowest BCUT2D eigenvalue weighted by Gasteiger charge is -2.10. The van der Waals surface area contributed by atoms with Gasteiger partial charge in [0.25, 0.3) is 0 Å². The average Bonchev–Trinajstić information content (AvgIpc) is 3.07. The van der Waals surface area contributed by atoms with E-state index < -0.39 is 0 Å². The van der Waals surface area contributed by atoms with Gasteiger partial charge in [-0.1, -0.05) is 42.5 Å². The van der Waals surface area contributed by atoms with E-state index in [1.54, 1.807) is 30.9 Å². The summed E-state index contributed by atoms with van der Waals surface area (Å²) in [7, 11) is 4.98. The van der Waals surface area contributed by atoms with Crippen LogP contribution in [-0.2, 0) is 7.05 Å². The molecule has 130 valence electrons. The molecule has 1 aromatic heterocycles. The molecular formula is C20H18N4O2. The van der Waals surface area contributed by atoms with Gasteiger partial charge in [-0.3, -0.25) is 0 Å². The van der Waals surface area contributed by atoms with Crippen molar-refractivity contribution in [1.82, 2.24) is 14.8 Å². The number of rotatable bonds is 5. The molecule has 0 spiro atoms. The maximum Gasteiger partial charge on any atom is 0.174 e. The van der Waals surface area contributed by atoms with Crippen molar-refractivity contribution in [2.45, 2.75) is 0 Å². The van der Waals surface area contributed by atoms with Crippen molar-refractivity contribution in [2.24, 2.45) is 7.05 Å². The summed E-state index contributed by atoms with van der Waals surface area (Å²) in [4.78, 5) is 0. The summed E-state index contributed by atoms with van der Waals surface area (Å²) in [6.07, 6.45) is 1.72. The summed E-state index contributed by atoms with van der Waals surface area (Å²) in [6.45, 7) is 0. The van der Waals surface area contributed by atoms with E-state index in [0.717, 1.165) is 11.1 Å². The second-order valence-electron chi connectivity index (χ2n) is 5.52. The third kappa shape index (κ3) is 3.15. The normalized spacial score (nSPS) is 11.1. The van der Waals surface area contributed by atoms with Crippen LogP contribution in [-0.4, -0.2) is 29.0 Å². The van der Waals surface area contributed by atoms with Crippen molar-refractivity contribution in [2.75, 3.05) is 14.2 Å². The van der Waals surface area contributed by atoms with Crippen LogP contribution in [0.3, 0.4) is 0 Å². The minimum absolute atomic E-state index is 0.383. The summed E-state index contributed by atoms with van der Waals surface area (Å²) in [5.41, 5.74) is 2.05. The van der Waals surface area contributed by atoms with Gasteiger partial charge in [-0.15, -0.1) is 10.2 Å². The molecule has 0 saturated heterocycles. The quantitative estimate of drug-likeness (QED) is 0.661. The number of hydrogen-bond donors (Lipinski definition) is 0. The fourth-order valence-electron chi connectivity index (χ4n) is 2.73. The number of allylic oxidation sites excluding steroid dienone is 1. The van der Waals surface area contributed by atoms with Crippen molar-refractivity contribution < 1.29 is 9.47 Å². The molecular weight excluding hydrogens is 328 g/mol. The third-order valence-corrected chi connectivity index (χ3v) is 4.00. The highest BCUT2D eigenvalue weighted by atomic mass is 16.5. The average molecular weight is 346 g/mol. The Morgan fingerprint density at radius 2 is 1.81 bits per heavy atom. The van der Waals surface area contributed by atoms with Gasteiger partial charge < -0.3 is 14.0 Å². The van der Waals surface area contributed by atoms with Crippen molar-refractivity contribution in [3.63, 3.8) is 0 Å². The summed E-state index contributed by atoms with van der Waals surface area (Å²) in [5.74, 6) is 2.34. The first-order valence-corrected chi connectivity index (χ1v) is 7.97. The van der Waals surface area contributed by atoms with E-state index in [1.807, 2.05) is 49.5 Å². The van der Waals surface area contributed by atoms with E-state index in [1.165, 1.54) is 0 Å². The molecule has 3 rings (SSSR count). The first-order chi connectivity index (χ1) is 12.7. The molecule has 26 heavy (non-hydrogen) atoms. The lowest BCUT2D eigenvalue weighted by Crippen LogP contribution is -1.99. The van der Waals surface area contributed by atoms with Crippen LogP contribution in [0.25, 0.3) is 23.0 Å². The standard InChI is InChI=1S/C20H18N4O2/c1-24-19(14-8-5-4-6-9-14)22-23-20(24)16(13-21)12-15-10-7-11-17(25-2)18(15)26-3/h4-12H,1-3H3/b16-12-. The fourth-order valence-corrected chi connectivity index (χ4v) is 2.73.